The van der Waals surface area contributed by atoms with E-state index in [2.05, 4.69) is 11.9 Å². The number of benzene rings is 1. The van der Waals surface area contributed by atoms with Gasteiger partial charge in [-0.25, -0.2) is 4.98 Å². The fraction of sp³-hybridized carbons (Fsp3) is 0.500. The molecule has 1 heterocycles. The zero-order valence-electron chi connectivity index (χ0n) is 17.8. The molecule has 1 aromatic heterocycles. The number of unbranched alkanes of at least 4 members (excludes halogenated alkanes) is 6. The van der Waals surface area contributed by atoms with Crippen LogP contribution in [0.1, 0.15) is 81.1 Å². The minimum atomic E-state index is -4.42. The molecule has 1 aromatic carbocycles. The smallest absolute Gasteiger partial charge is 0.326 e. The molecule has 0 radical (unpaired) electrons. The summed E-state index contributed by atoms with van der Waals surface area (Å²) in [7, 11) is 0. The first-order valence-corrected chi connectivity index (χ1v) is 10.8. The van der Waals surface area contributed by atoms with Gasteiger partial charge in [0.25, 0.3) is 0 Å². The Hall–Kier alpha value is -2.37. The van der Waals surface area contributed by atoms with E-state index in [0.717, 1.165) is 31.4 Å². The molecule has 0 atom stereocenters. The van der Waals surface area contributed by atoms with Crippen LogP contribution in [0, 0.1) is 0 Å². The van der Waals surface area contributed by atoms with Crippen LogP contribution in [-0.2, 0) is 6.18 Å². The van der Waals surface area contributed by atoms with E-state index in [1.165, 1.54) is 31.7 Å². The van der Waals surface area contributed by atoms with Gasteiger partial charge < -0.3 is 4.90 Å². The Balaban J connectivity index is 2.27. The summed E-state index contributed by atoms with van der Waals surface area (Å²) in [6.07, 6.45) is 5.17. The molecule has 0 amide bonds. The number of rotatable bonds is 12. The van der Waals surface area contributed by atoms with Crippen LogP contribution in [-0.4, -0.2) is 17.3 Å². The lowest BCUT2D eigenvalue weighted by molar-refractivity contribution is -0.137. The summed E-state index contributed by atoms with van der Waals surface area (Å²) in [5.41, 5.74) is 0.142. The van der Waals surface area contributed by atoms with Gasteiger partial charge in [-0.05, 0) is 36.8 Å². The molecule has 0 aliphatic rings. The molecule has 0 spiro atoms. The Morgan fingerprint density at radius 3 is 2.33 bits per heavy atom. The van der Waals surface area contributed by atoms with Crippen molar-refractivity contribution in [1.29, 1.82) is 0 Å². The minimum absolute atomic E-state index is 0.0744. The van der Waals surface area contributed by atoms with Gasteiger partial charge in [0.15, 0.2) is 5.78 Å². The minimum Gasteiger partial charge on any atom is -0.326 e. The van der Waals surface area contributed by atoms with Crippen molar-refractivity contribution in [3.8, 4) is 0 Å². The molecule has 6 heteroatoms. The number of alkyl halides is 3. The van der Waals surface area contributed by atoms with Crippen LogP contribution in [0.4, 0.5) is 24.7 Å². The number of aromatic nitrogens is 1. The average Bonchev–Trinajstić information content (AvgIpc) is 2.75. The number of Topliss-reactive ketones (excluding diaryl/α,β-unsaturated/α-hetero) is 1. The third-order valence-electron chi connectivity index (χ3n) is 5.13. The Bertz CT molecular complexity index is 805. The van der Waals surface area contributed by atoms with Crippen LogP contribution in [0.3, 0.4) is 0 Å². The molecular formula is C24H31F3N2O. The van der Waals surface area contributed by atoms with Gasteiger partial charge in [0.2, 0.25) is 0 Å². The highest BCUT2D eigenvalue weighted by atomic mass is 19.4. The van der Waals surface area contributed by atoms with Crippen LogP contribution in [0.25, 0.3) is 0 Å². The second-order valence-electron chi connectivity index (χ2n) is 7.47. The number of hydrogen-bond acceptors (Lipinski definition) is 3. The number of carbonyl (C=O) groups is 1. The summed E-state index contributed by atoms with van der Waals surface area (Å²) in [5.74, 6) is 0.351. The van der Waals surface area contributed by atoms with E-state index in [4.69, 9.17) is 0 Å². The highest BCUT2D eigenvalue weighted by Crippen LogP contribution is 2.34. The fourth-order valence-corrected chi connectivity index (χ4v) is 3.45. The standard InChI is InChI=1S/C24H31F3N2O/c1-3-5-6-7-8-9-10-17-29(20-14-11-13-19(18-20)24(25,26)27)23-21(22(30)4-2)15-12-16-28-23/h11-16,18H,3-10,17H2,1-2H3. The molecule has 164 valence electrons. The Labute approximate surface area is 177 Å². The molecule has 0 unspecified atom stereocenters. The first kappa shape index (κ1) is 23.9. The third kappa shape index (κ3) is 6.85. The largest absolute Gasteiger partial charge is 0.416 e. The maximum Gasteiger partial charge on any atom is 0.416 e. The van der Waals surface area contributed by atoms with E-state index in [1.54, 1.807) is 36.2 Å². The summed E-state index contributed by atoms with van der Waals surface area (Å²) < 4.78 is 39.8. The monoisotopic (exact) mass is 420 g/mol. The van der Waals surface area contributed by atoms with Gasteiger partial charge in [-0.3, -0.25) is 4.79 Å². The van der Waals surface area contributed by atoms with E-state index < -0.39 is 11.7 Å². The number of carbonyl (C=O) groups excluding carboxylic acids is 1. The SMILES string of the molecule is CCCCCCCCCN(c1cccc(C(F)(F)F)c1)c1ncccc1C(=O)CC. The summed E-state index contributed by atoms with van der Waals surface area (Å²) in [5, 5.41) is 0. The van der Waals surface area contributed by atoms with Crippen molar-refractivity contribution in [2.24, 2.45) is 0 Å². The lowest BCUT2D eigenvalue weighted by atomic mass is 10.1. The average molecular weight is 421 g/mol. The van der Waals surface area contributed by atoms with E-state index in [-0.39, 0.29) is 5.78 Å². The van der Waals surface area contributed by atoms with Crippen LogP contribution >= 0.6 is 0 Å². The predicted octanol–water partition coefficient (Wildman–Crippen LogP) is 7.58. The van der Waals surface area contributed by atoms with Crippen molar-refractivity contribution in [1.82, 2.24) is 4.98 Å². The molecular weight excluding hydrogens is 389 g/mol. The highest BCUT2D eigenvalue weighted by Gasteiger charge is 2.31. The fourth-order valence-electron chi connectivity index (χ4n) is 3.45. The van der Waals surface area contributed by atoms with Crippen molar-refractivity contribution in [3.05, 3.63) is 53.7 Å². The summed E-state index contributed by atoms with van der Waals surface area (Å²) in [6, 6.07) is 8.62. The number of hydrogen-bond donors (Lipinski definition) is 0. The summed E-state index contributed by atoms with van der Waals surface area (Å²) in [4.78, 5) is 18.6. The Kier molecular flexibility index (Phi) is 9.34. The Morgan fingerprint density at radius 2 is 1.67 bits per heavy atom. The molecule has 0 bridgehead atoms. The first-order chi connectivity index (χ1) is 14.4. The summed E-state index contributed by atoms with van der Waals surface area (Å²) >= 11 is 0. The Morgan fingerprint density at radius 1 is 0.967 bits per heavy atom. The molecule has 0 aliphatic heterocycles. The molecule has 2 aromatic rings. The van der Waals surface area contributed by atoms with E-state index in [9.17, 15) is 18.0 Å². The normalized spacial score (nSPS) is 11.5. The van der Waals surface area contributed by atoms with Gasteiger partial charge in [-0.2, -0.15) is 13.2 Å². The zero-order chi connectivity index (χ0) is 22.0. The van der Waals surface area contributed by atoms with Crippen molar-refractivity contribution in [2.75, 3.05) is 11.4 Å². The highest BCUT2D eigenvalue weighted by molar-refractivity contribution is 6.01. The molecule has 0 aliphatic carbocycles. The lowest BCUT2D eigenvalue weighted by Gasteiger charge is -2.26. The van der Waals surface area contributed by atoms with Gasteiger partial charge in [-0.15, -0.1) is 0 Å². The number of ketones is 1. The second-order valence-corrected chi connectivity index (χ2v) is 7.47. The number of halogens is 3. The van der Waals surface area contributed by atoms with Crippen molar-refractivity contribution < 1.29 is 18.0 Å². The first-order valence-electron chi connectivity index (χ1n) is 10.8. The molecule has 3 nitrogen and oxygen atoms in total. The molecule has 30 heavy (non-hydrogen) atoms. The van der Waals surface area contributed by atoms with E-state index in [1.807, 2.05) is 0 Å². The van der Waals surface area contributed by atoms with E-state index >= 15 is 0 Å². The number of anilines is 2. The topological polar surface area (TPSA) is 33.2 Å². The van der Waals surface area contributed by atoms with Gasteiger partial charge in [-0.1, -0.05) is 58.4 Å². The van der Waals surface area contributed by atoms with Crippen molar-refractivity contribution in [2.45, 2.75) is 71.4 Å². The van der Waals surface area contributed by atoms with Crippen LogP contribution < -0.4 is 4.90 Å². The number of nitrogens with zero attached hydrogens (tertiary/aromatic N) is 2. The predicted molar refractivity (Wildman–Crippen MR) is 115 cm³/mol. The van der Waals surface area contributed by atoms with Gasteiger partial charge >= 0.3 is 6.18 Å². The second kappa shape index (κ2) is 11.7. The van der Waals surface area contributed by atoms with Gasteiger partial charge in [0, 0.05) is 24.8 Å². The third-order valence-corrected chi connectivity index (χ3v) is 5.13. The molecule has 2 rings (SSSR count). The molecule has 0 saturated carbocycles. The molecule has 0 N–H and O–H groups in total. The molecule has 0 saturated heterocycles. The van der Waals surface area contributed by atoms with Crippen LogP contribution in [0.2, 0.25) is 0 Å². The van der Waals surface area contributed by atoms with Crippen LogP contribution in [0.15, 0.2) is 42.6 Å². The maximum absolute atomic E-state index is 13.3. The molecule has 0 fully saturated rings. The zero-order valence-corrected chi connectivity index (χ0v) is 17.8. The van der Waals surface area contributed by atoms with Crippen molar-refractivity contribution >= 4 is 17.3 Å². The quantitative estimate of drug-likeness (QED) is 0.262. The van der Waals surface area contributed by atoms with E-state index in [0.29, 0.717) is 30.0 Å². The summed E-state index contributed by atoms with van der Waals surface area (Å²) in [6.45, 7) is 4.45. The van der Waals surface area contributed by atoms with Crippen LogP contribution in [0.5, 0.6) is 0 Å². The number of pyridine rings is 1. The maximum atomic E-state index is 13.3. The lowest BCUT2D eigenvalue weighted by Crippen LogP contribution is -2.23. The van der Waals surface area contributed by atoms with Gasteiger partial charge in [0.1, 0.15) is 5.82 Å². The van der Waals surface area contributed by atoms with Crippen molar-refractivity contribution in [3.63, 3.8) is 0 Å². The van der Waals surface area contributed by atoms with Gasteiger partial charge in [0.05, 0.1) is 11.1 Å².